The molecule has 138 valence electrons. The summed E-state index contributed by atoms with van der Waals surface area (Å²) >= 11 is 3.03. The van der Waals surface area contributed by atoms with E-state index in [4.69, 9.17) is 5.11 Å². The van der Waals surface area contributed by atoms with Gasteiger partial charge in [0.25, 0.3) is 0 Å². The number of carboxylic acids is 1. The Bertz CT molecular complexity index is 868. The Morgan fingerprint density at radius 1 is 1.15 bits per heavy atom. The van der Waals surface area contributed by atoms with Crippen LogP contribution in [0.5, 0.6) is 11.5 Å². The van der Waals surface area contributed by atoms with Crippen LogP contribution in [0.15, 0.2) is 41.1 Å². The molecule has 2 aromatic heterocycles. The lowest BCUT2D eigenvalue weighted by atomic mass is 10.1. The van der Waals surface area contributed by atoms with Crippen molar-refractivity contribution in [3.8, 4) is 22.8 Å². The minimum Gasteiger partial charge on any atom is -0.504 e. The Morgan fingerprint density at radius 3 is 2.62 bits per heavy atom. The number of thiophene rings is 1. The third-order valence-electron chi connectivity index (χ3n) is 3.56. The van der Waals surface area contributed by atoms with Crippen LogP contribution < -0.4 is 4.90 Å². The fraction of sp³-hybridized carbons (Fsp3) is 0.176. The number of nitrogens with zero attached hydrogens (tertiary/aromatic N) is 2. The van der Waals surface area contributed by atoms with Crippen LogP contribution in [0, 0.1) is 0 Å². The number of aromatic nitrogens is 1. The molecule has 0 atom stereocenters. The highest BCUT2D eigenvalue weighted by atomic mass is 35.5. The number of rotatable bonds is 7. The van der Waals surface area contributed by atoms with Crippen molar-refractivity contribution in [2.45, 2.75) is 13.0 Å². The largest absolute Gasteiger partial charge is 0.504 e. The van der Waals surface area contributed by atoms with Gasteiger partial charge in [0.05, 0.1) is 18.7 Å². The van der Waals surface area contributed by atoms with Gasteiger partial charge in [0, 0.05) is 22.4 Å². The monoisotopic (exact) mass is 412 g/mol. The molecule has 0 saturated heterocycles. The Balaban J connectivity index is 0.00000243. The van der Waals surface area contributed by atoms with E-state index in [2.05, 4.69) is 4.98 Å². The Kier molecular flexibility index (Phi) is 6.84. The van der Waals surface area contributed by atoms with Gasteiger partial charge >= 0.3 is 5.97 Å². The smallest absolute Gasteiger partial charge is 0.305 e. The molecule has 0 aliphatic heterocycles. The van der Waals surface area contributed by atoms with Gasteiger partial charge in [0.1, 0.15) is 0 Å². The van der Waals surface area contributed by atoms with Crippen LogP contribution in [0.1, 0.15) is 11.3 Å². The van der Waals surface area contributed by atoms with E-state index in [1.807, 2.05) is 27.8 Å². The highest BCUT2D eigenvalue weighted by molar-refractivity contribution is 7.14. The second kappa shape index (κ2) is 8.88. The van der Waals surface area contributed by atoms with Gasteiger partial charge in [0.2, 0.25) is 0 Å². The Morgan fingerprint density at radius 2 is 1.96 bits per heavy atom. The van der Waals surface area contributed by atoms with Crippen LogP contribution in [-0.2, 0) is 11.3 Å². The maximum atomic E-state index is 10.9. The van der Waals surface area contributed by atoms with Gasteiger partial charge < -0.3 is 20.2 Å². The second-order valence-corrected chi connectivity index (χ2v) is 7.23. The van der Waals surface area contributed by atoms with Gasteiger partial charge in [-0.2, -0.15) is 0 Å². The highest BCUT2D eigenvalue weighted by Gasteiger charge is 2.15. The summed E-state index contributed by atoms with van der Waals surface area (Å²) in [6.45, 7) is 0.958. The van der Waals surface area contributed by atoms with Gasteiger partial charge in [-0.25, -0.2) is 4.98 Å². The third-order valence-corrected chi connectivity index (χ3v) is 5.32. The van der Waals surface area contributed by atoms with Crippen molar-refractivity contribution in [3.05, 3.63) is 46.0 Å². The number of halogens is 1. The highest BCUT2D eigenvalue weighted by Crippen LogP contribution is 2.33. The van der Waals surface area contributed by atoms with Gasteiger partial charge in [-0.3, -0.25) is 4.79 Å². The summed E-state index contributed by atoms with van der Waals surface area (Å²) in [5.74, 6) is -1.23. The molecule has 3 N–H and O–H groups in total. The van der Waals surface area contributed by atoms with Crippen LogP contribution >= 0.6 is 35.1 Å². The summed E-state index contributed by atoms with van der Waals surface area (Å²) in [5.41, 5.74) is 1.36. The maximum absolute atomic E-state index is 10.9. The minimum absolute atomic E-state index is 0. The zero-order chi connectivity index (χ0) is 17.8. The number of carbonyl (C=O) groups is 1. The van der Waals surface area contributed by atoms with E-state index < -0.39 is 5.97 Å². The van der Waals surface area contributed by atoms with Crippen molar-refractivity contribution in [2.24, 2.45) is 0 Å². The molecule has 3 rings (SSSR count). The fourth-order valence-corrected chi connectivity index (χ4v) is 3.87. The first-order valence-corrected chi connectivity index (χ1v) is 9.26. The minimum atomic E-state index is -0.851. The molecule has 0 fully saturated rings. The van der Waals surface area contributed by atoms with Gasteiger partial charge in [-0.1, -0.05) is 6.07 Å². The quantitative estimate of drug-likeness (QED) is 0.504. The van der Waals surface area contributed by atoms with Crippen LogP contribution in [0.2, 0.25) is 0 Å². The molecule has 0 amide bonds. The zero-order valence-corrected chi connectivity index (χ0v) is 16.0. The molecule has 0 radical (unpaired) electrons. The molecule has 2 heterocycles. The van der Waals surface area contributed by atoms with E-state index in [1.165, 1.54) is 23.5 Å². The number of phenolic OH excluding ortho intramolecular Hbond substituents is 2. The topological polar surface area (TPSA) is 93.9 Å². The molecule has 26 heavy (non-hydrogen) atoms. The molecule has 9 heteroatoms. The predicted octanol–water partition coefficient (Wildman–Crippen LogP) is 4.19. The molecule has 1 aromatic carbocycles. The summed E-state index contributed by atoms with van der Waals surface area (Å²) in [5, 5.41) is 32.6. The van der Waals surface area contributed by atoms with Gasteiger partial charge in [0.15, 0.2) is 16.6 Å². The molecule has 0 saturated carbocycles. The average Bonchev–Trinajstić information content (AvgIpc) is 3.25. The Labute approximate surface area is 164 Å². The number of thiazole rings is 1. The van der Waals surface area contributed by atoms with Crippen molar-refractivity contribution >= 4 is 46.2 Å². The first kappa shape index (κ1) is 20.0. The summed E-state index contributed by atoms with van der Waals surface area (Å²) in [7, 11) is 0. The number of aromatic hydroxyl groups is 2. The van der Waals surface area contributed by atoms with Crippen molar-refractivity contribution < 1.29 is 20.1 Å². The normalized spacial score (nSPS) is 10.3. The summed E-state index contributed by atoms with van der Waals surface area (Å²) in [4.78, 5) is 18.6. The molecule has 3 aromatic rings. The molecule has 0 spiro atoms. The van der Waals surface area contributed by atoms with E-state index >= 15 is 0 Å². The molecule has 0 unspecified atom stereocenters. The summed E-state index contributed by atoms with van der Waals surface area (Å²) in [6.07, 6.45) is 0.0281. The first-order valence-electron chi connectivity index (χ1n) is 7.50. The van der Waals surface area contributed by atoms with Crippen molar-refractivity contribution in [3.63, 3.8) is 0 Å². The number of phenols is 2. The summed E-state index contributed by atoms with van der Waals surface area (Å²) < 4.78 is 0. The molecular formula is C17H17ClN2O4S2. The van der Waals surface area contributed by atoms with Crippen molar-refractivity contribution in [1.29, 1.82) is 0 Å². The number of anilines is 1. The number of carboxylic acid groups (broad SMARTS) is 1. The van der Waals surface area contributed by atoms with E-state index in [-0.39, 0.29) is 30.3 Å². The van der Waals surface area contributed by atoms with Crippen LogP contribution in [-0.4, -0.2) is 32.8 Å². The lowest BCUT2D eigenvalue weighted by Gasteiger charge is -2.20. The van der Waals surface area contributed by atoms with E-state index in [0.29, 0.717) is 24.3 Å². The van der Waals surface area contributed by atoms with Crippen LogP contribution in [0.3, 0.4) is 0 Å². The fourth-order valence-electron chi connectivity index (χ4n) is 2.29. The number of aliphatic carboxylic acids is 1. The molecule has 6 nitrogen and oxygen atoms in total. The second-order valence-electron chi connectivity index (χ2n) is 5.36. The van der Waals surface area contributed by atoms with Crippen LogP contribution in [0.4, 0.5) is 5.13 Å². The van der Waals surface area contributed by atoms with E-state index in [1.54, 1.807) is 17.4 Å². The number of benzene rings is 1. The summed E-state index contributed by atoms with van der Waals surface area (Å²) in [6, 6.07) is 8.51. The van der Waals surface area contributed by atoms with E-state index in [0.717, 1.165) is 10.0 Å². The number of hydrogen-bond donors (Lipinski definition) is 3. The SMILES string of the molecule is Cl.O=C(O)CCN(Cc1cccs1)c1nc(-c2ccc(O)c(O)c2)cs1. The number of hydrogen-bond acceptors (Lipinski definition) is 7. The molecule has 0 aliphatic carbocycles. The molecule has 0 bridgehead atoms. The molecule has 0 aliphatic rings. The lowest BCUT2D eigenvalue weighted by molar-refractivity contribution is -0.136. The lowest BCUT2D eigenvalue weighted by Crippen LogP contribution is -2.25. The predicted molar refractivity (Wildman–Crippen MR) is 106 cm³/mol. The third kappa shape index (κ3) is 4.87. The standard InChI is InChI=1S/C17H16N2O4S2.ClH/c20-14-4-3-11(8-15(14)21)13-10-25-17(18-13)19(6-5-16(22)23)9-12-2-1-7-24-12;/h1-4,7-8,10,20-21H,5-6,9H2,(H,22,23);1H. The Hall–Kier alpha value is -2.29. The first-order chi connectivity index (χ1) is 12.0. The van der Waals surface area contributed by atoms with Crippen LogP contribution in [0.25, 0.3) is 11.3 Å². The van der Waals surface area contributed by atoms with Crippen molar-refractivity contribution in [2.75, 3.05) is 11.4 Å². The average molecular weight is 413 g/mol. The van der Waals surface area contributed by atoms with Crippen molar-refractivity contribution in [1.82, 2.24) is 4.98 Å². The zero-order valence-electron chi connectivity index (χ0n) is 13.5. The van der Waals surface area contributed by atoms with Gasteiger partial charge in [-0.15, -0.1) is 35.1 Å². The molecular weight excluding hydrogens is 396 g/mol. The maximum Gasteiger partial charge on any atom is 0.305 e. The van der Waals surface area contributed by atoms with Gasteiger partial charge in [-0.05, 0) is 29.6 Å². The van der Waals surface area contributed by atoms with E-state index in [9.17, 15) is 15.0 Å².